The number of anilines is 1. The van der Waals surface area contributed by atoms with E-state index in [9.17, 15) is 18.3 Å². The number of carbonyl (C=O) groups excluding carboxylic acids is 1. The van der Waals surface area contributed by atoms with Crippen molar-refractivity contribution in [2.75, 3.05) is 17.7 Å². The predicted octanol–water partition coefficient (Wildman–Crippen LogP) is 0.253. The van der Waals surface area contributed by atoms with Crippen molar-refractivity contribution < 1.29 is 23.1 Å². The Morgan fingerprint density at radius 1 is 1.47 bits per heavy atom. The number of benzene rings is 1. The van der Waals surface area contributed by atoms with Gasteiger partial charge in [0.1, 0.15) is 5.75 Å². The molecule has 1 rings (SSSR count). The number of hydrogen-bond acceptors (Lipinski definition) is 5. The number of sulfonamides is 1. The molecular formula is C11H13ClNO5S-. The molecule has 0 saturated heterocycles. The van der Waals surface area contributed by atoms with Gasteiger partial charge >= 0.3 is 0 Å². The largest absolute Gasteiger partial charge is 0.548 e. The fraction of sp³-hybridized carbons (Fsp3) is 0.364. The number of aliphatic carboxylic acids is 1. The monoisotopic (exact) mass is 306 g/mol. The van der Waals surface area contributed by atoms with Crippen LogP contribution in [0.1, 0.15) is 6.92 Å². The highest BCUT2D eigenvalue weighted by atomic mass is 35.5. The zero-order chi connectivity index (χ0) is 14.8. The Bertz CT molecular complexity index is 587. The summed E-state index contributed by atoms with van der Waals surface area (Å²) in [6, 6.07) is 2.90. The van der Waals surface area contributed by atoms with E-state index in [1.165, 1.54) is 32.2 Å². The summed E-state index contributed by atoms with van der Waals surface area (Å²) in [5.41, 5.74) is 0.0502. The van der Waals surface area contributed by atoms with Crippen molar-refractivity contribution in [1.82, 2.24) is 0 Å². The van der Waals surface area contributed by atoms with Gasteiger partial charge in [0.25, 0.3) is 0 Å². The Morgan fingerprint density at radius 3 is 2.47 bits per heavy atom. The Kier molecular flexibility index (Phi) is 4.65. The maximum Gasteiger partial charge on any atom is 0.232 e. The molecule has 0 spiro atoms. The van der Waals surface area contributed by atoms with Crippen molar-refractivity contribution in [2.24, 2.45) is 0 Å². The molecule has 0 aliphatic rings. The third-order valence-electron chi connectivity index (χ3n) is 2.43. The van der Waals surface area contributed by atoms with Crippen LogP contribution >= 0.6 is 11.6 Å². The van der Waals surface area contributed by atoms with Crippen molar-refractivity contribution in [3.05, 3.63) is 23.2 Å². The number of ether oxygens (including phenoxy) is 1. The van der Waals surface area contributed by atoms with Crippen LogP contribution in [0.15, 0.2) is 18.2 Å². The van der Waals surface area contributed by atoms with E-state index < -0.39 is 22.0 Å². The molecule has 0 bridgehead atoms. The SMILES string of the molecule is COc1ccc(Cl)cc1N([C@H](C)C(=O)[O-])S(C)(=O)=O. The summed E-state index contributed by atoms with van der Waals surface area (Å²) in [7, 11) is -2.49. The smallest absolute Gasteiger partial charge is 0.232 e. The van der Waals surface area contributed by atoms with Crippen molar-refractivity contribution in [3.63, 3.8) is 0 Å². The minimum Gasteiger partial charge on any atom is -0.548 e. The van der Waals surface area contributed by atoms with Gasteiger partial charge in [0.2, 0.25) is 10.0 Å². The van der Waals surface area contributed by atoms with Crippen LogP contribution in [0.25, 0.3) is 0 Å². The number of methoxy groups -OCH3 is 1. The zero-order valence-electron chi connectivity index (χ0n) is 10.6. The molecule has 0 fully saturated rings. The van der Waals surface area contributed by atoms with Crippen LogP contribution in [0.3, 0.4) is 0 Å². The van der Waals surface area contributed by atoms with Crippen LogP contribution in [-0.4, -0.2) is 33.8 Å². The van der Waals surface area contributed by atoms with E-state index in [0.717, 1.165) is 6.26 Å². The minimum atomic E-state index is -3.84. The van der Waals surface area contributed by atoms with Gasteiger partial charge in [0.05, 0.1) is 31.1 Å². The van der Waals surface area contributed by atoms with Gasteiger partial charge in [0.15, 0.2) is 0 Å². The number of halogens is 1. The number of nitrogens with zero attached hydrogens (tertiary/aromatic N) is 1. The Balaban J connectivity index is 3.50. The molecular weight excluding hydrogens is 294 g/mol. The number of carboxylic acid groups (broad SMARTS) is 1. The highest BCUT2D eigenvalue weighted by Crippen LogP contribution is 2.33. The highest BCUT2D eigenvalue weighted by Gasteiger charge is 2.27. The molecule has 0 aromatic heterocycles. The van der Waals surface area contributed by atoms with Crippen molar-refractivity contribution >= 4 is 33.3 Å². The molecule has 0 N–H and O–H groups in total. The lowest BCUT2D eigenvalue weighted by molar-refractivity contribution is -0.306. The minimum absolute atomic E-state index is 0.0502. The second kappa shape index (κ2) is 5.66. The summed E-state index contributed by atoms with van der Waals surface area (Å²) in [6.45, 7) is 1.21. The summed E-state index contributed by atoms with van der Waals surface area (Å²) >= 11 is 5.81. The summed E-state index contributed by atoms with van der Waals surface area (Å²) in [5.74, 6) is -1.32. The fourth-order valence-electron chi connectivity index (χ4n) is 1.61. The van der Waals surface area contributed by atoms with Gasteiger partial charge in [-0.3, -0.25) is 4.31 Å². The van der Waals surface area contributed by atoms with Gasteiger partial charge in [-0.15, -0.1) is 0 Å². The molecule has 8 heteroatoms. The first-order valence-electron chi connectivity index (χ1n) is 5.22. The van der Waals surface area contributed by atoms with E-state index in [1.54, 1.807) is 0 Å². The third kappa shape index (κ3) is 3.51. The number of rotatable bonds is 5. The topological polar surface area (TPSA) is 86.7 Å². The van der Waals surface area contributed by atoms with E-state index in [0.29, 0.717) is 4.31 Å². The van der Waals surface area contributed by atoms with Crippen LogP contribution in [0.2, 0.25) is 5.02 Å². The van der Waals surface area contributed by atoms with Gasteiger partial charge in [-0.05, 0) is 25.1 Å². The van der Waals surface area contributed by atoms with Crippen LogP contribution in [-0.2, 0) is 14.8 Å². The van der Waals surface area contributed by atoms with Crippen molar-refractivity contribution in [1.29, 1.82) is 0 Å². The average molecular weight is 307 g/mol. The van der Waals surface area contributed by atoms with Gasteiger partial charge in [-0.2, -0.15) is 0 Å². The van der Waals surface area contributed by atoms with Gasteiger partial charge < -0.3 is 14.6 Å². The number of hydrogen-bond donors (Lipinski definition) is 0. The summed E-state index contributed by atoms with van der Waals surface area (Å²) in [6.07, 6.45) is 0.896. The van der Waals surface area contributed by atoms with E-state index >= 15 is 0 Å². The van der Waals surface area contributed by atoms with E-state index in [1.807, 2.05) is 0 Å². The molecule has 0 amide bonds. The maximum atomic E-state index is 11.8. The summed E-state index contributed by atoms with van der Waals surface area (Å²) in [5, 5.41) is 11.2. The molecule has 0 heterocycles. The lowest BCUT2D eigenvalue weighted by Gasteiger charge is -2.30. The molecule has 0 aliphatic carbocycles. The first-order valence-corrected chi connectivity index (χ1v) is 7.45. The number of carbonyl (C=O) groups is 1. The molecule has 0 saturated carbocycles. The molecule has 1 aromatic carbocycles. The normalized spacial score (nSPS) is 12.8. The Labute approximate surface area is 116 Å². The Hall–Kier alpha value is -1.47. The quantitative estimate of drug-likeness (QED) is 0.778. The first-order chi connectivity index (χ1) is 8.68. The molecule has 1 aromatic rings. The standard InChI is InChI=1S/C11H14ClNO5S/c1-7(11(14)15)13(19(3,16)17)9-6-8(12)4-5-10(9)18-2/h4-7H,1-3H3,(H,14,15)/p-1/t7-/m1/s1. The molecule has 106 valence electrons. The number of carboxylic acids is 1. The molecule has 0 unspecified atom stereocenters. The molecule has 6 nitrogen and oxygen atoms in total. The zero-order valence-corrected chi connectivity index (χ0v) is 12.2. The predicted molar refractivity (Wildman–Crippen MR) is 69.8 cm³/mol. The summed E-state index contributed by atoms with van der Waals surface area (Å²) in [4.78, 5) is 11.0. The van der Waals surface area contributed by atoms with Crippen molar-refractivity contribution in [3.8, 4) is 5.75 Å². The van der Waals surface area contributed by atoms with Crippen LogP contribution < -0.4 is 14.1 Å². The molecule has 0 radical (unpaired) electrons. The van der Waals surface area contributed by atoms with Crippen LogP contribution in [0.4, 0.5) is 5.69 Å². The fourth-order valence-corrected chi connectivity index (χ4v) is 2.93. The third-order valence-corrected chi connectivity index (χ3v) is 3.89. The van der Waals surface area contributed by atoms with Crippen molar-refractivity contribution in [2.45, 2.75) is 13.0 Å². The van der Waals surface area contributed by atoms with Gasteiger partial charge in [-0.1, -0.05) is 11.6 Å². The average Bonchev–Trinajstić information content (AvgIpc) is 2.27. The second-order valence-electron chi connectivity index (χ2n) is 3.87. The lowest BCUT2D eigenvalue weighted by atomic mass is 10.2. The Morgan fingerprint density at radius 2 is 2.05 bits per heavy atom. The molecule has 19 heavy (non-hydrogen) atoms. The van der Waals surface area contributed by atoms with Crippen LogP contribution in [0.5, 0.6) is 5.75 Å². The van der Waals surface area contributed by atoms with E-state index in [-0.39, 0.29) is 16.5 Å². The summed E-state index contributed by atoms with van der Waals surface area (Å²) < 4.78 is 29.3. The maximum absolute atomic E-state index is 11.8. The second-order valence-corrected chi connectivity index (χ2v) is 6.17. The first kappa shape index (κ1) is 15.6. The molecule has 0 aliphatic heterocycles. The lowest BCUT2D eigenvalue weighted by Crippen LogP contribution is -2.49. The molecule has 1 atom stereocenters. The van der Waals surface area contributed by atoms with E-state index in [4.69, 9.17) is 16.3 Å². The van der Waals surface area contributed by atoms with Gasteiger partial charge in [0, 0.05) is 5.02 Å². The van der Waals surface area contributed by atoms with E-state index in [2.05, 4.69) is 0 Å². The van der Waals surface area contributed by atoms with Crippen LogP contribution in [0, 0.1) is 0 Å². The highest BCUT2D eigenvalue weighted by molar-refractivity contribution is 7.92. The van der Waals surface area contributed by atoms with Gasteiger partial charge in [-0.25, -0.2) is 8.42 Å².